The van der Waals surface area contributed by atoms with Gasteiger partial charge in [0.05, 0.1) is 27.4 Å². The summed E-state index contributed by atoms with van der Waals surface area (Å²) in [5.41, 5.74) is 20.0. The van der Waals surface area contributed by atoms with Crippen LogP contribution in [-0.2, 0) is 39.0 Å². The molecule has 436 valence electrons. The van der Waals surface area contributed by atoms with Crippen LogP contribution in [0.5, 0.6) is 0 Å². The highest BCUT2D eigenvalue weighted by Gasteiger charge is 2.56. The zero-order valence-electron chi connectivity index (χ0n) is 51.8. The molecule has 12 heteroatoms. The summed E-state index contributed by atoms with van der Waals surface area (Å²) in [7, 11) is 3.45. The lowest BCUT2D eigenvalue weighted by molar-refractivity contribution is -0.105. The van der Waals surface area contributed by atoms with Crippen LogP contribution in [0.3, 0.4) is 0 Å². The highest BCUT2D eigenvalue weighted by molar-refractivity contribution is 6.74. The van der Waals surface area contributed by atoms with Gasteiger partial charge in [0, 0.05) is 63.9 Å². The van der Waals surface area contributed by atoms with Crippen molar-refractivity contribution in [3.63, 3.8) is 0 Å². The maximum Gasteiger partial charge on any atom is 0.494 e. The Hall–Kier alpha value is -5.71. The van der Waals surface area contributed by atoms with Crippen molar-refractivity contribution in [1.29, 1.82) is 0 Å². The number of benzene rings is 4. The van der Waals surface area contributed by atoms with Gasteiger partial charge in [-0.3, -0.25) is 9.59 Å². The molecule has 2 fully saturated rings. The van der Waals surface area contributed by atoms with Crippen LogP contribution >= 0.6 is 23.2 Å². The highest BCUT2D eigenvalue weighted by atomic mass is 35.5. The van der Waals surface area contributed by atoms with E-state index in [4.69, 9.17) is 41.8 Å². The number of fused-ring (bicyclic) bond motifs is 6. The quantitative estimate of drug-likeness (QED) is 0.140. The van der Waals surface area contributed by atoms with E-state index >= 15 is 0 Å². The Bertz CT molecular complexity index is 3540. The smallest absolute Gasteiger partial charge is 0.399 e. The number of para-hydroxylation sites is 2. The summed E-state index contributed by atoms with van der Waals surface area (Å²) >= 11 is 13.3. The first-order valence-electron chi connectivity index (χ1n) is 30.3. The topological polar surface area (TPSA) is 77.5 Å². The van der Waals surface area contributed by atoms with Gasteiger partial charge in [-0.2, -0.15) is 0 Å². The summed E-state index contributed by atoms with van der Waals surface area (Å²) in [6.07, 6.45) is 19.0. The Morgan fingerprint density at radius 3 is 1.30 bits per heavy atom. The molecule has 2 unspecified atom stereocenters. The molecule has 4 aromatic rings. The minimum atomic E-state index is -0.426. The molecule has 0 spiro atoms. The number of halogens is 2. The minimum absolute atomic E-state index is 0.0222. The van der Waals surface area contributed by atoms with Crippen LogP contribution in [-0.4, -0.2) is 63.3 Å². The van der Waals surface area contributed by atoms with Crippen LogP contribution in [0.2, 0.25) is 0 Å². The van der Waals surface area contributed by atoms with Gasteiger partial charge in [-0.1, -0.05) is 148 Å². The Balaban J connectivity index is 0.000000133. The summed E-state index contributed by atoms with van der Waals surface area (Å²) in [4.78, 5) is 27.8. The van der Waals surface area contributed by atoms with Crippen molar-refractivity contribution in [2.24, 2.45) is 11.8 Å². The van der Waals surface area contributed by atoms with E-state index < -0.39 is 14.2 Å². The number of aldehydes is 2. The summed E-state index contributed by atoms with van der Waals surface area (Å²) in [6.45, 7) is 25.6. The van der Waals surface area contributed by atoms with E-state index in [-0.39, 0.29) is 33.2 Å². The summed E-state index contributed by atoms with van der Waals surface area (Å²) in [5, 5.41) is 1.30. The molecule has 4 aromatic carbocycles. The standard InChI is InChI=1S/C30H29NO.C24H25Cl2NO.C18H28B2O4/c1-30(2)24-10-6-7-11-25(24)31(3)26(30)17-16-19-12-13-20-14-15-21(18-32)28-23-9-5-4-8-22(23)27(19)29(20)28;1-24(2)18-6-4-5-7-19(18)27(3)20(24)13-12-16-10-8-15-9-11-17(14-28)23(26)21(15)22(16)25;1-15(2)16(3,4)22-19(21-15)13-11-9-10-12-14(13)20-23-17(5,6)18(7,8)24-20/h4-11,16-18,20H,12-15H2,1-3H3;4-7,12-15H,8-11H2,1-3H3;9-12H,1-8H3/b19-16+,26-17+;16-12+,20-13+;. The fourth-order valence-electron chi connectivity index (χ4n) is 14.3. The molecular weight excluding hydrogens is 1080 g/mol. The van der Waals surface area contributed by atoms with Crippen molar-refractivity contribution >= 4 is 83.5 Å². The molecule has 0 N–H and O–H groups in total. The molecule has 0 radical (unpaired) electrons. The third kappa shape index (κ3) is 10.2. The largest absolute Gasteiger partial charge is 0.494 e. The SMILES string of the molecule is CC1(C)OB(c2ccccc2B2OC(C)(C)C(C)(C)O2)OC1(C)C.CN1/C(=C/C=C2\CCC3CCC(C=O)=C(Cl)C3=C2Cl)C(C)(C)c2ccccc21.CN1/C(=C/C=C2\CCC3CCC(C=O)=C4C3=C2c2ccccc24)C(C)(C)c2ccccc21. The average molecular weight is 1160 g/mol. The molecule has 9 aliphatic rings. The zero-order valence-corrected chi connectivity index (χ0v) is 53.3. The van der Waals surface area contributed by atoms with Crippen molar-refractivity contribution in [3.05, 3.63) is 199 Å². The maximum absolute atomic E-state index is 11.9. The Labute approximate surface area is 510 Å². The van der Waals surface area contributed by atoms with Crippen LogP contribution in [0.15, 0.2) is 176 Å². The van der Waals surface area contributed by atoms with Crippen LogP contribution in [0.4, 0.5) is 11.4 Å². The summed E-state index contributed by atoms with van der Waals surface area (Å²) < 4.78 is 24.9. The first kappa shape index (κ1) is 60.0. The van der Waals surface area contributed by atoms with Gasteiger partial charge in [-0.25, -0.2) is 0 Å². The van der Waals surface area contributed by atoms with Crippen molar-refractivity contribution < 1.29 is 28.2 Å². The predicted octanol–water partition coefficient (Wildman–Crippen LogP) is 15.7. The molecule has 84 heavy (non-hydrogen) atoms. The van der Waals surface area contributed by atoms with Crippen LogP contribution in [0.25, 0.3) is 11.1 Å². The lowest BCUT2D eigenvalue weighted by Gasteiger charge is -2.32. The van der Waals surface area contributed by atoms with Crippen LogP contribution in [0.1, 0.15) is 157 Å². The van der Waals surface area contributed by atoms with Crippen molar-refractivity contribution in [2.75, 3.05) is 23.9 Å². The Kier molecular flexibility index (Phi) is 15.9. The second-order valence-corrected chi connectivity index (χ2v) is 28.0. The van der Waals surface area contributed by atoms with Gasteiger partial charge in [-0.05, 0) is 209 Å². The lowest BCUT2D eigenvalue weighted by Crippen LogP contribution is -2.51. The number of nitrogens with zero attached hydrogens (tertiary/aromatic N) is 2. The fraction of sp³-hybridized carbons (Fsp3) is 0.417. The predicted molar refractivity (Wildman–Crippen MR) is 348 cm³/mol. The second kappa shape index (κ2) is 22.2. The molecule has 13 rings (SSSR count). The number of anilines is 2. The second-order valence-electron chi connectivity index (χ2n) is 27.3. The van der Waals surface area contributed by atoms with Gasteiger partial charge in [0.2, 0.25) is 0 Å². The van der Waals surface area contributed by atoms with E-state index in [1.165, 1.54) is 73.7 Å². The lowest BCUT2D eigenvalue weighted by atomic mass is 9.65. The maximum atomic E-state index is 11.9. The molecular formula is C72H82B2Cl2N2O6. The van der Waals surface area contributed by atoms with Gasteiger partial charge >= 0.3 is 14.2 Å². The Morgan fingerprint density at radius 2 is 0.833 bits per heavy atom. The van der Waals surface area contributed by atoms with Gasteiger partial charge in [0.25, 0.3) is 0 Å². The molecule has 8 nitrogen and oxygen atoms in total. The van der Waals surface area contributed by atoms with E-state index in [2.05, 4.69) is 204 Å². The molecule has 4 heterocycles. The van der Waals surface area contributed by atoms with E-state index in [0.717, 1.165) is 90.2 Å². The molecule has 0 aromatic heterocycles. The van der Waals surface area contributed by atoms with E-state index in [1.54, 1.807) is 0 Å². The van der Waals surface area contributed by atoms with E-state index in [1.807, 2.05) is 24.3 Å². The number of hydrogen-bond donors (Lipinski definition) is 0. The fourth-order valence-corrected chi connectivity index (χ4v) is 15.1. The van der Waals surface area contributed by atoms with Crippen molar-refractivity contribution in [3.8, 4) is 0 Å². The number of hydrogen-bond acceptors (Lipinski definition) is 8. The Morgan fingerprint density at radius 1 is 0.452 bits per heavy atom. The average Bonchev–Trinajstić information content (AvgIpc) is 2.08. The number of likely N-dealkylation sites (N-methyl/N-ethyl adjacent to an activating group) is 2. The van der Waals surface area contributed by atoms with Crippen molar-refractivity contribution in [1.82, 2.24) is 0 Å². The zero-order chi connectivity index (χ0) is 60.1. The number of rotatable bonds is 6. The minimum Gasteiger partial charge on any atom is -0.399 e. The monoisotopic (exact) mass is 1160 g/mol. The highest BCUT2D eigenvalue weighted by Crippen LogP contribution is 2.57. The first-order chi connectivity index (χ1) is 39.7. The van der Waals surface area contributed by atoms with E-state index in [0.29, 0.717) is 22.4 Å². The van der Waals surface area contributed by atoms with Gasteiger partial charge in [0.1, 0.15) is 12.6 Å². The summed E-state index contributed by atoms with van der Waals surface area (Å²) in [6, 6.07) is 34.0. The normalized spacial score (nSPS) is 26.2. The van der Waals surface area contributed by atoms with Crippen LogP contribution < -0.4 is 20.7 Å². The van der Waals surface area contributed by atoms with Gasteiger partial charge in [-0.15, -0.1) is 0 Å². The number of carbonyl (C=O) groups excluding carboxylic acids is 2. The molecule has 2 atom stereocenters. The van der Waals surface area contributed by atoms with Gasteiger partial charge in [0.15, 0.2) is 0 Å². The third-order valence-corrected chi connectivity index (χ3v) is 21.5. The number of carbonyl (C=O) groups is 2. The molecule has 5 aliphatic carbocycles. The molecule has 0 amide bonds. The summed E-state index contributed by atoms with van der Waals surface area (Å²) in [5.74, 6) is 0.944. The van der Waals surface area contributed by atoms with Gasteiger partial charge < -0.3 is 28.4 Å². The number of allylic oxidation sites excluding steroid dienone is 16. The molecule has 0 bridgehead atoms. The molecule has 4 aliphatic heterocycles. The molecule has 2 saturated heterocycles. The van der Waals surface area contributed by atoms with Crippen LogP contribution in [0, 0.1) is 11.8 Å². The molecule has 0 saturated carbocycles. The third-order valence-electron chi connectivity index (χ3n) is 20.6. The first-order valence-corrected chi connectivity index (χ1v) is 31.1. The van der Waals surface area contributed by atoms with E-state index in [9.17, 15) is 9.59 Å². The van der Waals surface area contributed by atoms with Crippen molar-refractivity contribution in [2.45, 2.75) is 168 Å².